The van der Waals surface area contributed by atoms with Crippen LogP contribution in [0.25, 0.3) is 5.69 Å². The second-order valence-corrected chi connectivity index (χ2v) is 13.0. The molecule has 204 valence electrons. The number of nitrogens with one attached hydrogen (secondary N) is 1. The summed E-state index contributed by atoms with van der Waals surface area (Å²) in [6, 6.07) is 12.3. The Morgan fingerprint density at radius 2 is 1.90 bits per heavy atom. The smallest absolute Gasteiger partial charge is 0.255 e. The zero-order chi connectivity index (χ0) is 27.9. The van der Waals surface area contributed by atoms with Crippen molar-refractivity contribution in [2.75, 3.05) is 0 Å². The Kier molecular flexibility index (Phi) is 7.43. The lowest BCUT2D eigenvalue weighted by atomic mass is 9.72. The topological polar surface area (TPSA) is 59.5 Å². The number of thiophene rings is 1. The lowest BCUT2D eigenvalue weighted by Crippen LogP contribution is -2.28. The van der Waals surface area contributed by atoms with Crippen molar-refractivity contribution in [3.05, 3.63) is 92.5 Å². The van der Waals surface area contributed by atoms with Gasteiger partial charge in [0.25, 0.3) is 5.91 Å². The number of carbonyl (C=O) groups is 1. The van der Waals surface area contributed by atoms with Crippen LogP contribution in [0.5, 0.6) is 0 Å². The Hall–Kier alpha value is -3.38. The number of benzene rings is 1. The summed E-state index contributed by atoms with van der Waals surface area (Å²) < 4.78 is 7.75. The highest BCUT2D eigenvalue weighted by Crippen LogP contribution is 2.45. The van der Waals surface area contributed by atoms with Gasteiger partial charge in [-0.1, -0.05) is 39.0 Å². The van der Waals surface area contributed by atoms with Crippen molar-refractivity contribution < 1.29 is 9.21 Å². The number of fused-ring (bicyclic) bond motifs is 1. The van der Waals surface area contributed by atoms with Gasteiger partial charge in [-0.25, -0.2) is 4.99 Å². The van der Waals surface area contributed by atoms with Gasteiger partial charge in [0.15, 0.2) is 0 Å². The van der Waals surface area contributed by atoms with E-state index in [-0.39, 0.29) is 11.3 Å². The summed E-state index contributed by atoms with van der Waals surface area (Å²) >= 11 is 1.68. The largest absolute Gasteiger partial charge is 0.467 e. The summed E-state index contributed by atoms with van der Waals surface area (Å²) in [6.45, 7) is 15.9. The average molecular weight is 542 g/mol. The predicted octanol–water partition coefficient (Wildman–Crippen LogP) is 8.20. The Morgan fingerprint density at radius 3 is 2.56 bits per heavy atom. The van der Waals surface area contributed by atoms with Crippen molar-refractivity contribution in [1.82, 2.24) is 9.88 Å². The molecule has 0 saturated carbocycles. The molecule has 0 bridgehead atoms. The molecule has 3 heterocycles. The first-order chi connectivity index (χ1) is 18.5. The fourth-order valence-electron chi connectivity index (χ4n) is 5.85. The first kappa shape index (κ1) is 27.2. The number of carbonyl (C=O) groups excluding carboxylic acids is 1. The average Bonchev–Trinajstić information content (AvgIpc) is 3.59. The summed E-state index contributed by atoms with van der Waals surface area (Å²) in [5.74, 6) is 1.26. The molecule has 1 N–H and O–H groups in total. The van der Waals surface area contributed by atoms with E-state index in [1.54, 1.807) is 17.6 Å². The molecule has 0 spiro atoms. The van der Waals surface area contributed by atoms with E-state index in [9.17, 15) is 4.79 Å². The van der Waals surface area contributed by atoms with Crippen molar-refractivity contribution in [3.63, 3.8) is 0 Å². The molecule has 0 saturated heterocycles. The van der Waals surface area contributed by atoms with Crippen molar-refractivity contribution in [1.29, 1.82) is 0 Å². The van der Waals surface area contributed by atoms with E-state index in [1.807, 2.05) is 18.3 Å². The van der Waals surface area contributed by atoms with Crippen molar-refractivity contribution >= 4 is 28.5 Å². The maximum Gasteiger partial charge on any atom is 0.255 e. The van der Waals surface area contributed by atoms with Crippen LogP contribution in [-0.2, 0) is 19.4 Å². The second kappa shape index (κ2) is 10.6. The van der Waals surface area contributed by atoms with Crippen LogP contribution in [0.1, 0.15) is 81.8 Å². The number of aromatic nitrogens is 1. The molecule has 5 rings (SSSR count). The quantitative estimate of drug-likeness (QED) is 0.250. The number of aliphatic imine (C=N–C) groups is 1. The minimum absolute atomic E-state index is 0.0775. The maximum absolute atomic E-state index is 13.5. The SMILES string of the molecule is Cc1cccc(C)c1-n1c(C)cc(C=Nc2sc3c(c2C(=O)NCc2ccco2)CC[C@@H](C(C)(C)C)C3)c1C. The molecule has 39 heavy (non-hydrogen) atoms. The number of hydrogen-bond donors (Lipinski definition) is 1. The molecule has 0 unspecified atom stereocenters. The van der Waals surface area contributed by atoms with E-state index in [1.165, 1.54) is 32.9 Å². The lowest BCUT2D eigenvalue weighted by molar-refractivity contribution is 0.0947. The lowest BCUT2D eigenvalue weighted by Gasteiger charge is -2.33. The van der Waals surface area contributed by atoms with Gasteiger partial charge in [-0.15, -0.1) is 11.3 Å². The van der Waals surface area contributed by atoms with Crippen LogP contribution < -0.4 is 5.32 Å². The van der Waals surface area contributed by atoms with Gasteiger partial charge < -0.3 is 14.3 Å². The highest BCUT2D eigenvalue weighted by Gasteiger charge is 2.33. The molecule has 1 aliphatic carbocycles. The Morgan fingerprint density at radius 1 is 1.15 bits per heavy atom. The van der Waals surface area contributed by atoms with Crippen LogP contribution in [0.4, 0.5) is 5.00 Å². The van der Waals surface area contributed by atoms with Gasteiger partial charge in [-0.05, 0) is 93.2 Å². The summed E-state index contributed by atoms with van der Waals surface area (Å²) in [5, 5.41) is 3.87. The number of furan rings is 1. The van der Waals surface area contributed by atoms with Crippen molar-refractivity contribution in [2.24, 2.45) is 16.3 Å². The third-order valence-corrected chi connectivity index (χ3v) is 9.32. The summed E-state index contributed by atoms with van der Waals surface area (Å²) in [7, 11) is 0. The highest BCUT2D eigenvalue weighted by atomic mass is 32.1. The molecular formula is C33H39N3O2S. The van der Waals surface area contributed by atoms with E-state index in [0.717, 1.165) is 46.8 Å². The molecule has 6 heteroatoms. The van der Waals surface area contributed by atoms with Gasteiger partial charge in [0, 0.05) is 28.0 Å². The zero-order valence-electron chi connectivity index (χ0n) is 24.1. The minimum Gasteiger partial charge on any atom is -0.467 e. The number of rotatable bonds is 6. The first-order valence-electron chi connectivity index (χ1n) is 13.8. The molecule has 0 aliphatic heterocycles. The molecule has 1 atom stereocenters. The maximum atomic E-state index is 13.5. The van der Waals surface area contributed by atoms with E-state index in [0.29, 0.717) is 12.5 Å². The third-order valence-electron chi connectivity index (χ3n) is 8.16. The first-order valence-corrected chi connectivity index (χ1v) is 14.6. The van der Waals surface area contributed by atoms with Gasteiger partial charge in [0.2, 0.25) is 0 Å². The standard InChI is InChI=1S/C33H39N3O2S/c1-20-10-8-11-21(2)30(20)36-22(3)16-24(23(36)4)18-35-32-29(31(37)34-19-26-12-9-15-38-26)27-14-13-25(33(5,6)7)17-28(27)39-32/h8-12,15-16,18,25H,13-14,17,19H2,1-7H3,(H,34,37)/t25-/m1/s1. The highest BCUT2D eigenvalue weighted by molar-refractivity contribution is 7.16. The monoisotopic (exact) mass is 541 g/mol. The number of para-hydroxylation sites is 1. The molecule has 0 fully saturated rings. The summed E-state index contributed by atoms with van der Waals surface area (Å²) in [6.07, 6.45) is 6.57. The summed E-state index contributed by atoms with van der Waals surface area (Å²) in [4.78, 5) is 19.8. The van der Waals surface area contributed by atoms with Gasteiger partial charge in [-0.3, -0.25) is 4.79 Å². The van der Waals surface area contributed by atoms with Crippen LogP contribution in [-0.4, -0.2) is 16.7 Å². The number of hydrogen-bond acceptors (Lipinski definition) is 4. The molecule has 1 aromatic carbocycles. The van der Waals surface area contributed by atoms with Gasteiger partial charge >= 0.3 is 0 Å². The number of nitrogens with zero attached hydrogens (tertiary/aromatic N) is 2. The van der Waals surface area contributed by atoms with Gasteiger partial charge in [0.1, 0.15) is 10.8 Å². The molecule has 1 amide bonds. The third kappa shape index (κ3) is 5.40. The van der Waals surface area contributed by atoms with E-state index < -0.39 is 0 Å². The Balaban J connectivity index is 1.51. The Bertz CT molecular complexity index is 1510. The van der Waals surface area contributed by atoms with E-state index in [2.05, 4.69) is 82.6 Å². The van der Waals surface area contributed by atoms with Crippen LogP contribution in [0.15, 0.2) is 52.1 Å². The fourth-order valence-corrected chi connectivity index (χ4v) is 7.12. The van der Waals surface area contributed by atoms with Crippen LogP contribution >= 0.6 is 11.3 Å². The zero-order valence-corrected chi connectivity index (χ0v) is 25.0. The van der Waals surface area contributed by atoms with Crippen molar-refractivity contribution in [2.45, 2.75) is 74.3 Å². The molecular weight excluding hydrogens is 502 g/mol. The molecule has 4 aromatic rings. The molecule has 3 aromatic heterocycles. The second-order valence-electron chi connectivity index (χ2n) is 11.9. The molecule has 5 nitrogen and oxygen atoms in total. The summed E-state index contributed by atoms with van der Waals surface area (Å²) in [5.41, 5.74) is 9.23. The number of amides is 1. The number of aryl methyl sites for hydroxylation is 3. The van der Waals surface area contributed by atoms with Crippen LogP contribution in [0.2, 0.25) is 0 Å². The Labute approximate surface area is 236 Å². The minimum atomic E-state index is -0.0775. The molecule has 0 radical (unpaired) electrons. The predicted molar refractivity (Wildman–Crippen MR) is 161 cm³/mol. The van der Waals surface area contributed by atoms with Crippen LogP contribution in [0, 0.1) is 39.0 Å². The van der Waals surface area contributed by atoms with Crippen LogP contribution in [0.3, 0.4) is 0 Å². The molecule has 1 aliphatic rings. The van der Waals surface area contributed by atoms with Gasteiger partial charge in [-0.2, -0.15) is 0 Å². The normalized spacial score (nSPS) is 15.6. The fraction of sp³-hybridized carbons (Fsp3) is 0.394. The van der Waals surface area contributed by atoms with E-state index >= 15 is 0 Å². The van der Waals surface area contributed by atoms with Gasteiger partial charge in [0.05, 0.1) is 24.1 Å². The van der Waals surface area contributed by atoms with E-state index in [4.69, 9.17) is 9.41 Å². The van der Waals surface area contributed by atoms with Crippen molar-refractivity contribution in [3.8, 4) is 5.69 Å².